The zero-order chi connectivity index (χ0) is 75.3. The molecule has 36 nitrogen and oxygen atoms in total. The smallest absolute Gasteiger partial charge is 0.407 e. The van der Waals surface area contributed by atoms with E-state index in [1.165, 1.54) is 43.1 Å². The van der Waals surface area contributed by atoms with Gasteiger partial charge < -0.3 is 110 Å². The molecule has 20 atom stereocenters. The van der Waals surface area contributed by atoms with E-state index in [2.05, 4.69) is 22.9 Å². The Morgan fingerprint density at radius 1 is 0.559 bits per heavy atom. The largest absolute Gasteiger partial charge is 0.477 e. The molecule has 564 valence electrons. The SMILES string of the molecule is CCCCc1ccc(NC(=O)C2=CCN(C)[C@@H]([C@H](O[C@@H]3O[C@H](CNC(=O)OC(C)(C)C)[C@@H](O)[C@H]3O)[C@H]3O[C@@H](N4C=CC(=O)CC4=O)[C@H](O)[C@@H]3O)C(=O)N2C)cc1.CN1C(=O)[C@H]([C@H](O[C@@H]2O[C@H](CNC(=O)OC(C)(C)C)[C@@H](O)[C@H]2O)[C@H]2O[C@@H](N3C=CC(=O)CC3=O)[C@H](O)[C@@H]2O)N(C)CC=C1C(=O)O. The third-order valence-corrected chi connectivity index (χ3v) is 17.8. The molecule has 7 amide bonds. The van der Waals surface area contributed by atoms with E-state index in [0.717, 1.165) is 69.0 Å². The number of alkyl carbamates (subject to hydrolysis) is 2. The van der Waals surface area contributed by atoms with Crippen LogP contribution in [0.3, 0.4) is 0 Å². The number of amides is 7. The Hall–Kier alpha value is -7.76. The van der Waals surface area contributed by atoms with Gasteiger partial charge >= 0.3 is 18.2 Å². The molecule has 4 fully saturated rings. The van der Waals surface area contributed by atoms with Crippen molar-refractivity contribution < 1.29 is 132 Å². The number of aliphatic hydroxyl groups is 8. The monoisotopic (exact) mass is 1440 g/mol. The molecule has 0 aliphatic carbocycles. The van der Waals surface area contributed by atoms with Crippen molar-refractivity contribution in [2.75, 3.05) is 59.7 Å². The standard InChI is InChI=1S/C38H53N5O13.C28H40N4O14/c1-7-8-9-20-10-12-21(13-11-20)40-33(50)23-15-16-41(5)26(34(51)42(23)6)31(32-28(47)29(48)35(54-32)43-17-14-22(44)18-25(43)45)55-36-30(49)27(46)24(53-36)19-39-37(52)56-38(2,3)4;1-28(2,3)46-27(42)29-11-14-17(35)20(38)26(43-14)45-21(16-23(39)31(5)13(25(40)41)7-8-30(16)4)22-18(36)19(37)24(44-22)32-9-6-12(33)10-15(32)34/h10-15,17,24,26-32,35-36,46-49H,7-9,16,18-19H2,1-6H3,(H,39,52)(H,40,50);6-7,9,14,16-22,24,26,35-38H,8,10-11H2,1-5H3,(H,29,42)(H,40,41)/t24-,26+,27-,28+,29-,30-,31+,32+,35-,36+;14-,16+,17-,18+,19-,20-,21+,22+,24-,26+/m11/s1. The fourth-order valence-electron chi connectivity index (χ4n) is 12.4. The van der Waals surface area contributed by atoms with E-state index in [0.29, 0.717) is 5.69 Å². The zero-order valence-electron chi connectivity index (χ0n) is 58.2. The lowest BCUT2D eigenvalue weighted by Crippen LogP contribution is -2.59. The summed E-state index contributed by atoms with van der Waals surface area (Å²) < 4.78 is 46.3. The third-order valence-electron chi connectivity index (χ3n) is 17.8. The average Bonchev–Trinajstić information content (AvgIpc) is 1.61. The Morgan fingerprint density at radius 3 is 1.34 bits per heavy atom. The lowest BCUT2D eigenvalue weighted by atomic mass is 9.97. The number of likely N-dealkylation sites (N-methyl/N-ethyl adjacent to an activating group) is 4. The number of benzene rings is 1. The van der Waals surface area contributed by atoms with Gasteiger partial charge in [0.2, 0.25) is 23.6 Å². The molecule has 102 heavy (non-hydrogen) atoms. The number of ketones is 2. The van der Waals surface area contributed by atoms with Crippen molar-refractivity contribution in [2.45, 2.75) is 214 Å². The van der Waals surface area contributed by atoms with E-state index in [1.54, 1.807) is 60.7 Å². The predicted octanol–water partition coefficient (Wildman–Crippen LogP) is -3.41. The molecule has 12 N–H and O–H groups in total. The van der Waals surface area contributed by atoms with E-state index in [-0.39, 0.29) is 37.6 Å². The van der Waals surface area contributed by atoms with Gasteiger partial charge in [0.15, 0.2) is 36.6 Å². The van der Waals surface area contributed by atoms with Gasteiger partial charge in [-0.3, -0.25) is 53.2 Å². The van der Waals surface area contributed by atoms with Crippen LogP contribution in [0.25, 0.3) is 0 Å². The number of allylic oxidation sites excluding steroid dienone is 2. The van der Waals surface area contributed by atoms with Crippen LogP contribution in [0.2, 0.25) is 0 Å². The molecule has 0 spiro atoms. The van der Waals surface area contributed by atoms with Gasteiger partial charge in [-0.1, -0.05) is 25.5 Å². The average molecular weight is 1440 g/mol. The van der Waals surface area contributed by atoms with Gasteiger partial charge in [-0.2, -0.15) is 0 Å². The molecule has 4 saturated heterocycles. The molecule has 9 rings (SSSR count). The fraction of sp³-hybridized carbons (Fsp3) is 0.636. The maximum absolute atomic E-state index is 14.5. The molecular weight excluding hydrogens is 1350 g/mol. The van der Waals surface area contributed by atoms with E-state index in [1.807, 2.05) is 12.1 Å². The topological polar surface area (TPSA) is 482 Å². The molecule has 8 aliphatic rings. The molecule has 0 saturated carbocycles. The first kappa shape index (κ1) is 79.9. The minimum atomic E-state index is -1.82. The van der Waals surface area contributed by atoms with Crippen LogP contribution in [0.1, 0.15) is 79.7 Å². The van der Waals surface area contributed by atoms with Crippen molar-refractivity contribution in [3.05, 3.63) is 77.9 Å². The fourth-order valence-corrected chi connectivity index (χ4v) is 12.4. The minimum Gasteiger partial charge on any atom is -0.477 e. The highest BCUT2D eigenvalue weighted by Crippen LogP contribution is 2.38. The van der Waals surface area contributed by atoms with Gasteiger partial charge in [-0.25, -0.2) is 14.4 Å². The van der Waals surface area contributed by atoms with Crippen LogP contribution in [0.4, 0.5) is 15.3 Å². The van der Waals surface area contributed by atoms with Gasteiger partial charge in [0.25, 0.3) is 5.91 Å². The van der Waals surface area contributed by atoms with Crippen LogP contribution in [-0.4, -0.2) is 323 Å². The Morgan fingerprint density at radius 2 is 0.961 bits per heavy atom. The van der Waals surface area contributed by atoms with Crippen molar-refractivity contribution in [3.8, 4) is 0 Å². The number of nitrogens with one attached hydrogen (secondary N) is 3. The molecular formula is C66H93N9O27. The number of aryl methyl sites for hydroxylation is 1. The molecule has 0 unspecified atom stereocenters. The minimum absolute atomic E-state index is 0.00136. The van der Waals surface area contributed by atoms with Gasteiger partial charge in [0.1, 0.15) is 120 Å². The second-order valence-electron chi connectivity index (χ2n) is 27.8. The molecule has 0 aromatic heterocycles. The summed E-state index contributed by atoms with van der Waals surface area (Å²) in [6.45, 7) is 11.3. The number of hydrogen-bond acceptors (Lipinski definition) is 28. The lowest BCUT2D eigenvalue weighted by Gasteiger charge is -2.38. The summed E-state index contributed by atoms with van der Waals surface area (Å²) >= 11 is 0. The van der Waals surface area contributed by atoms with Crippen molar-refractivity contribution in [3.63, 3.8) is 0 Å². The molecule has 36 heteroatoms. The number of carbonyl (C=O) groups is 10. The number of nitrogens with zero attached hydrogens (tertiary/aromatic N) is 6. The van der Waals surface area contributed by atoms with Crippen LogP contribution in [0.15, 0.2) is 72.4 Å². The van der Waals surface area contributed by atoms with Gasteiger partial charge in [-0.05, 0) is 110 Å². The molecule has 0 radical (unpaired) electrons. The summed E-state index contributed by atoms with van der Waals surface area (Å²) in [6.07, 6.45) is -21.5. The first-order valence-electron chi connectivity index (χ1n) is 33.2. The number of anilines is 1. The van der Waals surface area contributed by atoms with Crippen LogP contribution in [-0.2, 0) is 82.7 Å². The first-order valence-corrected chi connectivity index (χ1v) is 33.2. The summed E-state index contributed by atoms with van der Waals surface area (Å²) in [5.41, 5.74) is -0.345. The maximum Gasteiger partial charge on any atom is 0.407 e. The van der Waals surface area contributed by atoms with E-state index in [9.17, 15) is 93.9 Å². The van der Waals surface area contributed by atoms with Crippen molar-refractivity contribution in [1.82, 2.24) is 40.0 Å². The summed E-state index contributed by atoms with van der Waals surface area (Å²) in [5.74, 6) is -5.89. The number of carbonyl (C=O) groups excluding carboxylic acids is 9. The number of aliphatic carboxylic acids is 1. The predicted molar refractivity (Wildman–Crippen MR) is 348 cm³/mol. The summed E-state index contributed by atoms with van der Waals surface area (Å²) in [7, 11) is 5.60. The van der Waals surface area contributed by atoms with Crippen molar-refractivity contribution in [2.24, 2.45) is 0 Å². The Balaban J connectivity index is 0.000000264. The van der Waals surface area contributed by atoms with Crippen molar-refractivity contribution >= 4 is 64.9 Å². The number of ether oxygens (including phenoxy) is 8. The number of carboxylic acid groups (broad SMARTS) is 1. The highest BCUT2D eigenvalue weighted by Gasteiger charge is 2.59. The first-order chi connectivity index (χ1) is 47.8. The molecule has 1 aromatic carbocycles. The number of rotatable bonds is 20. The second-order valence-corrected chi connectivity index (χ2v) is 27.8. The quantitative estimate of drug-likeness (QED) is 0.0566. The Bertz CT molecular complexity index is 3390. The molecule has 0 bridgehead atoms. The normalized spacial score (nSPS) is 32.5. The summed E-state index contributed by atoms with van der Waals surface area (Å²) in [4.78, 5) is 134. The molecule has 1 aromatic rings. The van der Waals surface area contributed by atoms with Gasteiger partial charge in [0.05, 0.1) is 12.8 Å². The number of aliphatic hydroxyl groups excluding tert-OH is 8. The highest BCUT2D eigenvalue weighted by molar-refractivity contribution is 6.08. The number of carboxylic acids is 1. The summed E-state index contributed by atoms with van der Waals surface area (Å²) in [5, 5.41) is 106. The Labute approximate surface area is 586 Å². The van der Waals surface area contributed by atoms with E-state index >= 15 is 0 Å². The molecule has 8 heterocycles. The van der Waals surface area contributed by atoms with Crippen LogP contribution >= 0.6 is 0 Å². The van der Waals surface area contributed by atoms with Gasteiger partial charge in [0, 0.05) is 58.4 Å². The van der Waals surface area contributed by atoms with Crippen molar-refractivity contribution in [1.29, 1.82) is 0 Å². The van der Waals surface area contributed by atoms with Crippen LogP contribution in [0, 0.1) is 0 Å². The number of hydrogen-bond donors (Lipinski definition) is 12. The van der Waals surface area contributed by atoms with E-state index in [4.69, 9.17) is 37.9 Å². The second kappa shape index (κ2) is 33.3. The van der Waals surface area contributed by atoms with Gasteiger partial charge in [-0.15, -0.1) is 0 Å². The molecule has 8 aliphatic heterocycles. The zero-order valence-corrected chi connectivity index (χ0v) is 58.2. The maximum atomic E-state index is 14.5. The van der Waals surface area contributed by atoms with Crippen LogP contribution < -0.4 is 16.0 Å². The van der Waals surface area contributed by atoms with Crippen LogP contribution in [0.5, 0.6) is 0 Å². The number of unbranched alkanes of at least 4 members (excludes halogenated alkanes) is 1. The van der Waals surface area contributed by atoms with E-state index < -0.39 is 206 Å². The highest BCUT2D eigenvalue weighted by atomic mass is 16.7. The lowest BCUT2D eigenvalue weighted by molar-refractivity contribution is -0.234. The third kappa shape index (κ3) is 18.8. The summed E-state index contributed by atoms with van der Waals surface area (Å²) in [6, 6.07) is 4.55. The Kier molecular flexibility index (Phi) is 26.1.